The standard InChI is InChI=1S/C17H15FN2O/c1-11(19)13-5-7-17(15(18)9-13)21-14-6-4-12-3-2-8-20-16(12)10-14/h2-11H,19H2,1H3/t11-/m0/s1. The van der Waals surface area contributed by atoms with Gasteiger partial charge in [-0.15, -0.1) is 0 Å². The molecule has 0 aliphatic rings. The van der Waals surface area contributed by atoms with E-state index in [2.05, 4.69) is 4.98 Å². The van der Waals surface area contributed by atoms with Gasteiger partial charge in [0, 0.05) is 23.7 Å². The number of fused-ring (bicyclic) bond motifs is 1. The van der Waals surface area contributed by atoms with Crippen LogP contribution in [0.4, 0.5) is 4.39 Å². The molecule has 0 fully saturated rings. The number of hydrogen-bond donors (Lipinski definition) is 1. The maximum absolute atomic E-state index is 14.0. The summed E-state index contributed by atoms with van der Waals surface area (Å²) in [7, 11) is 0. The smallest absolute Gasteiger partial charge is 0.166 e. The molecule has 0 spiro atoms. The van der Waals surface area contributed by atoms with Crippen molar-refractivity contribution in [2.45, 2.75) is 13.0 Å². The summed E-state index contributed by atoms with van der Waals surface area (Å²) >= 11 is 0. The molecule has 3 aromatic rings. The molecule has 0 unspecified atom stereocenters. The molecule has 0 bridgehead atoms. The van der Waals surface area contributed by atoms with Gasteiger partial charge in [-0.2, -0.15) is 0 Å². The topological polar surface area (TPSA) is 48.1 Å². The van der Waals surface area contributed by atoms with Crippen LogP contribution in [-0.2, 0) is 0 Å². The van der Waals surface area contributed by atoms with Gasteiger partial charge in [-0.25, -0.2) is 4.39 Å². The second kappa shape index (κ2) is 5.50. The number of rotatable bonds is 3. The van der Waals surface area contributed by atoms with E-state index in [1.807, 2.05) is 25.1 Å². The Bertz CT molecular complexity index is 787. The van der Waals surface area contributed by atoms with Crippen molar-refractivity contribution < 1.29 is 9.13 Å². The Labute approximate surface area is 122 Å². The molecule has 1 aromatic heterocycles. The molecule has 106 valence electrons. The van der Waals surface area contributed by atoms with Crippen LogP contribution in [0.2, 0.25) is 0 Å². The summed E-state index contributed by atoms with van der Waals surface area (Å²) in [5.74, 6) is 0.300. The number of hydrogen-bond acceptors (Lipinski definition) is 3. The summed E-state index contributed by atoms with van der Waals surface area (Å²) in [5, 5.41) is 1.01. The highest BCUT2D eigenvalue weighted by Gasteiger charge is 2.08. The number of halogens is 1. The third-order valence-corrected chi connectivity index (χ3v) is 3.29. The van der Waals surface area contributed by atoms with E-state index in [1.54, 1.807) is 30.5 Å². The van der Waals surface area contributed by atoms with E-state index in [0.29, 0.717) is 5.75 Å². The maximum Gasteiger partial charge on any atom is 0.166 e. The van der Waals surface area contributed by atoms with Gasteiger partial charge in [-0.3, -0.25) is 4.98 Å². The van der Waals surface area contributed by atoms with Gasteiger partial charge in [0.2, 0.25) is 0 Å². The first-order valence-electron chi connectivity index (χ1n) is 6.71. The summed E-state index contributed by atoms with van der Waals surface area (Å²) in [6, 6.07) is 13.9. The highest BCUT2D eigenvalue weighted by Crippen LogP contribution is 2.28. The Morgan fingerprint density at radius 2 is 2.00 bits per heavy atom. The van der Waals surface area contributed by atoms with Crippen LogP contribution < -0.4 is 10.5 Å². The molecule has 0 aliphatic carbocycles. The summed E-state index contributed by atoms with van der Waals surface area (Å²) in [6.45, 7) is 1.81. The average Bonchev–Trinajstić information content (AvgIpc) is 2.49. The number of nitrogens with two attached hydrogens (primary N) is 1. The lowest BCUT2D eigenvalue weighted by atomic mass is 10.1. The van der Waals surface area contributed by atoms with Crippen molar-refractivity contribution in [2.75, 3.05) is 0 Å². The Kier molecular flexibility index (Phi) is 3.54. The van der Waals surface area contributed by atoms with Crippen molar-refractivity contribution in [2.24, 2.45) is 5.73 Å². The quantitative estimate of drug-likeness (QED) is 0.783. The van der Waals surface area contributed by atoms with E-state index >= 15 is 0 Å². The fourth-order valence-electron chi connectivity index (χ4n) is 2.12. The number of benzene rings is 2. The molecule has 21 heavy (non-hydrogen) atoms. The van der Waals surface area contributed by atoms with E-state index in [4.69, 9.17) is 10.5 Å². The van der Waals surface area contributed by atoms with Crippen molar-refractivity contribution >= 4 is 10.9 Å². The molecule has 2 aromatic carbocycles. The molecule has 0 amide bonds. The van der Waals surface area contributed by atoms with Gasteiger partial charge >= 0.3 is 0 Å². The molecule has 0 saturated carbocycles. The van der Waals surface area contributed by atoms with Gasteiger partial charge in [0.15, 0.2) is 11.6 Å². The van der Waals surface area contributed by atoms with Crippen molar-refractivity contribution in [3.05, 3.63) is 66.1 Å². The lowest BCUT2D eigenvalue weighted by Gasteiger charge is -2.10. The van der Waals surface area contributed by atoms with Gasteiger partial charge in [-0.1, -0.05) is 12.1 Å². The van der Waals surface area contributed by atoms with Crippen LogP contribution in [0.15, 0.2) is 54.7 Å². The average molecular weight is 282 g/mol. The number of nitrogens with zero attached hydrogens (tertiary/aromatic N) is 1. The lowest BCUT2D eigenvalue weighted by molar-refractivity contribution is 0.441. The summed E-state index contributed by atoms with van der Waals surface area (Å²) in [4.78, 5) is 4.25. The fourth-order valence-corrected chi connectivity index (χ4v) is 2.12. The van der Waals surface area contributed by atoms with Gasteiger partial charge in [0.1, 0.15) is 5.75 Å². The molecule has 0 radical (unpaired) electrons. The van der Waals surface area contributed by atoms with Crippen LogP contribution in [0.1, 0.15) is 18.5 Å². The van der Waals surface area contributed by atoms with Crippen LogP contribution >= 0.6 is 0 Å². The van der Waals surface area contributed by atoms with Crippen LogP contribution in [0.25, 0.3) is 10.9 Å². The minimum Gasteiger partial charge on any atom is -0.454 e. The Hall–Kier alpha value is -2.46. The highest BCUT2D eigenvalue weighted by molar-refractivity contribution is 5.79. The van der Waals surface area contributed by atoms with E-state index < -0.39 is 5.82 Å². The summed E-state index contributed by atoms with van der Waals surface area (Å²) in [5.41, 5.74) is 7.28. The Morgan fingerprint density at radius 3 is 2.76 bits per heavy atom. The first-order valence-corrected chi connectivity index (χ1v) is 6.71. The van der Waals surface area contributed by atoms with E-state index in [0.717, 1.165) is 16.5 Å². The first kappa shape index (κ1) is 13.5. The normalized spacial score (nSPS) is 12.3. The number of ether oxygens (including phenoxy) is 1. The summed E-state index contributed by atoms with van der Waals surface area (Å²) in [6.07, 6.45) is 1.71. The molecular weight excluding hydrogens is 267 g/mol. The fraction of sp³-hybridized carbons (Fsp3) is 0.118. The molecule has 0 saturated heterocycles. The van der Waals surface area contributed by atoms with Crippen LogP contribution in [-0.4, -0.2) is 4.98 Å². The number of pyridine rings is 1. The van der Waals surface area contributed by atoms with Crippen LogP contribution in [0, 0.1) is 5.82 Å². The van der Waals surface area contributed by atoms with E-state index in [-0.39, 0.29) is 11.8 Å². The van der Waals surface area contributed by atoms with E-state index in [1.165, 1.54) is 6.07 Å². The molecule has 1 atom stereocenters. The second-order valence-corrected chi connectivity index (χ2v) is 4.94. The molecule has 1 heterocycles. The molecule has 3 rings (SSSR count). The van der Waals surface area contributed by atoms with Crippen LogP contribution in [0.5, 0.6) is 11.5 Å². The Balaban J connectivity index is 1.91. The predicted molar refractivity (Wildman–Crippen MR) is 80.8 cm³/mol. The molecule has 2 N–H and O–H groups in total. The van der Waals surface area contributed by atoms with Gasteiger partial charge in [-0.05, 0) is 42.8 Å². The first-order chi connectivity index (χ1) is 10.1. The third-order valence-electron chi connectivity index (χ3n) is 3.29. The Morgan fingerprint density at radius 1 is 1.14 bits per heavy atom. The maximum atomic E-state index is 14.0. The van der Waals surface area contributed by atoms with Crippen molar-refractivity contribution in [1.29, 1.82) is 0 Å². The van der Waals surface area contributed by atoms with Gasteiger partial charge < -0.3 is 10.5 Å². The van der Waals surface area contributed by atoms with Crippen molar-refractivity contribution in [3.63, 3.8) is 0 Å². The minimum absolute atomic E-state index is 0.176. The third kappa shape index (κ3) is 2.85. The highest BCUT2D eigenvalue weighted by atomic mass is 19.1. The molecular formula is C17H15FN2O. The molecule has 3 nitrogen and oxygen atoms in total. The molecule has 4 heteroatoms. The monoisotopic (exact) mass is 282 g/mol. The molecule has 0 aliphatic heterocycles. The lowest BCUT2D eigenvalue weighted by Crippen LogP contribution is -2.05. The van der Waals surface area contributed by atoms with Crippen molar-refractivity contribution in [1.82, 2.24) is 4.98 Å². The largest absolute Gasteiger partial charge is 0.454 e. The number of aromatic nitrogens is 1. The zero-order chi connectivity index (χ0) is 14.8. The van der Waals surface area contributed by atoms with Gasteiger partial charge in [0.25, 0.3) is 0 Å². The second-order valence-electron chi connectivity index (χ2n) is 4.94. The van der Waals surface area contributed by atoms with E-state index in [9.17, 15) is 4.39 Å². The van der Waals surface area contributed by atoms with Gasteiger partial charge in [0.05, 0.1) is 5.52 Å². The van der Waals surface area contributed by atoms with Crippen molar-refractivity contribution in [3.8, 4) is 11.5 Å². The summed E-state index contributed by atoms with van der Waals surface area (Å²) < 4.78 is 19.6. The minimum atomic E-state index is -0.425. The predicted octanol–water partition coefficient (Wildman–Crippen LogP) is 4.19. The SMILES string of the molecule is C[C@H](N)c1ccc(Oc2ccc3cccnc3c2)c(F)c1. The zero-order valence-electron chi connectivity index (χ0n) is 11.6. The zero-order valence-corrected chi connectivity index (χ0v) is 11.6. The van der Waals surface area contributed by atoms with Crippen LogP contribution in [0.3, 0.4) is 0 Å².